The molecule has 0 aliphatic carbocycles. The van der Waals surface area contributed by atoms with Gasteiger partial charge >= 0.3 is 6.18 Å². The maximum absolute atomic E-state index is 11.9. The quantitative estimate of drug-likeness (QED) is 0.742. The SMILES string of the molecule is CCCNCc1cncc(OCCCC(F)(F)F)n1. The highest BCUT2D eigenvalue weighted by Gasteiger charge is 2.26. The van der Waals surface area contributed by atoms with Crippen LogP contribution in [-0.4, -0.2) is 29.3 Å². The highest BCUT2D eigenvalue weighted by atomic mass is 19.4. The summed E-state index contributed by atoms with van der Waals surface area (Å²) in [6.45, 7) is 3.48. The van der Waals surface area contributed by atoms with E-state index in [1.165, 1.54) is 6.20 Å². The fourth-order valence-electron chi connectivity index (χ4n) is 1.38. The number of nitrogens with one attached hydrogen (secondary N) is 1. The summed E-state index contributed by atoms with van der Waals surface area (Å²) >= 11 is 0. The van der Waals surface area contributed by atoms with Crippen LogP contribution >= 0.6 is 0 Å². The van der Waals surface area contributed by atoms with Crippen LogP contribution in [0.4, 0.5) is 13.2 Å². The van der Waals surface area contributed by atoms with Gasteiger partial charge in [0, 0.05) is 19.2 Å². The number of ether oxygens (including phenoxy) is 1. The van der Waals surface area contributed by atoms with Crippen molar-refractivity contribution >= 4 is 0 Å². The second-order valence-corrected chi connectivity index (χ2v) is 4.09. The van der Waals surface area contributed by atoms with Gasteiger partial charge in [0.15, 0.2) is 0 Å². The van der Waals surface area contributed by atoms with Gasteiger partial charge in [0.1, 0.15) is 0 Å². The van der Waals surface area contributed by atoms with Crippen molar-refractivity contribution in [3.05, 3.63) is 18.1 Å². The van der Waals surface area contributed by atoms with Crippen LogP contribution in [0, 0.1) is 0 Å². The molecule has 0 aromatic carbocycles. The fraction of sp³-hybridized carbons (Fsp3) is 0.667. The van der Waals surface area contributed by atoms with Crippen LogP contribution in [0.5, 0.6) is 5.88 Å². The lowest BCUT2D eigenvalue weighted by Gasteiger charge is -2.08. The molecule has 0 saturated heterocycles. The van der Waals surface area contributed by atoms with Gasteiger partial charge in [0.25, 0.3) is 0 Å². The molecule has 0 spiro atoms. The molecule has 0 aliphatic heterocycles. The zero-order valence-electron chi connectivity index (χ0n) is 10.8. The Kier molecular flexibility index (Phi) is 6.55. The molecule has 1 heterocycles. The van der Waals surface area contributed by atoms with E-state index in [-0.39, 0.29) is 18.9 Å². The van der Waals surface area contributed by atoms with Crippen molar-refractivity contribution in [1.29, 1.82) is 0 Å². The summed E-state index contributed by atoms with van der Waals surface area (Å²) in [5.74, 6) is 0.262. The van der Waals surface area contributed by atoms with Crippen LogP contribution in [0.3, 0.4) is 0 Å². The molecule has 0 fully saturated rings. The van der Waals surface area contributed by atoms with Gasteiger partial charge in [0.2, 0.25) is 5.88 Å². The van der Waals surface area contributed by atoms with Crippen molar-refractivity contribution in [2.75, 3.05) is 13.2 Å². The first-order valence-electron chi connectivity index (χ1n) is 6.22. The van der Waals surface area contributed by atoms with Crippen molar-refractivity contribution in [3.8, 4) is 5.88 Å². The lowest BCUT2D eigenvalue weighted by atomic mass is 10.3. The second kappa shape index (κ2) is 7.93. The van der Waals surface area contributed by atoms with Gasteiger partial charge < -0.3 is 10.1 Å². The first kappa shape index (κ1) is 15.7. The predicted molar refractivity (Wildman–Crippen MR) is 64.8 cm³/mol. The van der Waals surface area contributed by atoms with E-state index < -0.39 is 12.6 Å². The molecule has 19 heavy (non-hydrogen) atoms. The van der Waals surface area contributed by atoms with Crippen molar-refractivity contribution in [2.24, 2.45) is 0 Å². The van der Waals surface area contributed by atoms with Crippen molar-refractivity contribution < 1.29 is 17.9 Å². The number of halogens is 3. The molecule has 1 rings (SSSR count). The average molecular weight is 277 g/mol. The van der Waals surface area contributed by atoms with Gasteiger partial charge in [-0.1, -0.05) is 6.92 Å². The van der Waals surface area contributed by atoms with Gasteiger partial charge in [-0.15, -0.1) is 0 Å². The third-order valence-electron chi connectivity index (χ3n) is 2.25. The molecular weight excluding hydrogens is 259 g/mol. The Morgan fingerprint density at radius 2 is 2.11 bits per heavy atom. The number of aromatic nitrogens is 2. The summed E-state index contributed by atoms with van der Waals surface area (Å²) in [6, 6.07) is 0. The van der Waals surface area contributed by atoms with Gasteiger partial charge in [0.05, 0.1) is 18.5 Å². The topological polar surface area (TPSA) is 47.0 Å². The average Bonchev–Trinajstić information content (AvgIpc) is 2.35. The Bertz CT molecular complexity index is 371. The van der Waals surface area contributed by atoms with E-state index in [1.807, 2.05) is 0 Å². The second-order valence-electron chi connectivity index (χ2n) is 4.09. The van der Waals surface area contributed by atoms with E-state index in [9.17, 15) is 13.2 Å². The molecule has 7 heteroatoms. The highest BCUT2D eigenvalue weighted by Crippen LogP contribution is 2.21. The monoisotopic (exact) mass is 277 g/mol. The van der Waals surface area contributed by atoms with Crippen LogP contribution < -0.4 is 10.1 Å². The maximum Gasteiger partial charge on any atom is 0.389 e. The molecule has 1 aromatic rings. The van der Waals surface area contributed by atoms with E-state index in [0.717, 1.165) is 13.0 Å². The third kappa shape index (κ3) is 7.61. The summed E-state index contributed by atoms with van der Waals surface area (Å²) < 4.78 is 40.9. The zero-order chi connectivity index (χ0) is 14.1. The maximum atomic E-state index is 11.9. The largest absolute Gasteiger partial charge is 0.477 e. The van der Waals surface area contributed by atoms with E-state index in [1.54, 1.807) is 6.20 Å². The molecule has 1 N–H and O–H groups in total. The number of hydrogen-bond acceptors (Lipinski definition) is 4. The summed E-state index contributed by atoms with van der Waals surface area (Å²) in [7, 11) is 0. The molecule has 0 saturated carbocycles. The van der Waals surface area contributed by atoms with Gasteiger partial charge in [-0.3, -0.25) is 4.98 Å². The fourth-order valence-corrected chi connectivity index (χ4v) is 1.38. The zero-order valence-corrected chi connectivity index (χ0v) is 10.8. The van der Waals surface area contributed by atoms with E-state index in [0.29, 0.717) is 12.2 Å². The minimum absolute atomic E-state index is 0.0139. The third-order valence-corrected chi connectivity index (χ3v) is 2.25. The Labute approximate surface area is 110 Å². The van der Waals surface area contributed by atoms with Crippen LogP contribution in [0.15, 0.2) is 12.4 Å². The lowest BCUT2D eigenvalue weighted by Crippen LogP contribution is -2.15. The number of nitrogens with zero attached hydrogens (tertiary/aromatic N) is 2. The molecule has 0 aliphatic rings. The smallest absolute Gasteiger partial charge is 0.389 e. The van der Waals surface area contributed by atoms with Gasteiger partial charge in [-0.25, -0.2) is 4.98 Å². The van der Waals surface area contributed by atoms with E-state index in [4.69, 9.17) is 4.74 Å². The summed E-state index contributed by atoms with van der Waals surface area (Å²) in [6.07, 6.45) is -1.05. The lowest BCUT2D eigenvalue weighted by molar-refractivity contribution is -0.136. The summed E-state index contributed by atoms with van der Waals surface area (Å²) in [4.78, 5) is 8.09. The van der Waals surface area contributed by atoms with Crippen LogP contribution in [0.2, 0.25) is 0 Å². The first-order chi connectivity index (χ1) is 9.01. The molecule has 0 unspecified atom stereocenters. The summed E-state index contributed by atoms with van der Waals surface area (Å²) in [5, 5.41) is 3.16. The molecular formula is C12H18F3N3O. The Morgan fingerprint density at radius 1 is 1.32 bits per heavy atom. The van der Waals surface area contributed by atoms with E-state index in [2.05, 4.69) is 22.2 Å². The molecule has 0 radical (unpaired) electrons. The molecule has 1 aromatic heterocycles. The Morgan fingerprint density at radius 3 is 2.79 bits per heavy atom. The first-order valence-corrected chi connectivity index (χ1v) is 6.22. The Hall–Kier alpha value is -1.37. The molecule has 108 valence electrons. The normalized spacial score (nSPS) is 11.6. The van der Waals surface area contributed by atoms with Crippen LogP contribution in [0.25, 0.3) is 0 Å². The number of rotatable bonds is 8. The molecule has 0 atom stereocenters. The molecule has 0 bridgehead atoms. The van der Waals surface area contributed by atoms with Gasteiger partial charge in [-0.05, 0) is 19.4 Å². The number of alkyl halides is 3. The van der Waals surface area contributed by atoms with Crippen molar-refractivity contribution in [2.45, 2.75) is 38.9 Å². The standard InChI is InChI=1S/C12H18F3N3O/c1-2-5-16-7-10-8-17-9-11(18-10)19-6-3-4-12(13,14)15/h8-9,16H,2-7H2,1H3. The predicted octanol–water partition coefficient (Wildman–Crippen LogP) is 2.70. The number of hydrogen-bond donors (Lipinski definition) is 1. The Balaban J connectivity index is 2.31. The highest BCUT2D eigenvalue weighted by molar-refractivity contribution is 5.08. The van der Waals surface area contributed by atoms with Crippen LogP contribution in [0.1, 0.15) is 31.9 Å². The molecule has 4 nitrogen and oxygen atoms in total. The minimum Gasteiger partial charge on any atom is -0.477 e. The van der Waals surface area contributed by atoms with Crippen LogP contribution in [-0.2, 0) is 6.54 Å². The van der Waals surface area contributed by atoms with Crippen molar-refractivity contribution in [3.63, 3.8) is 0 Å². The van der Waals surface area contributed by atoms with Crippen molar-refractivity contribution in [1.82, 2.24) is 15.3 Å². The summed E-state index contributed by atoms with van der Waals surface area (Å²) in [5.41, 5.74) is 0.710. The van der Waals surface area contributed by atoms with E-state index >= 15 is 0 Å². The van der Waals surface area contributed by atoms with Gasteiger partial charge in [-0.2, -0.15) is 13.2 Å². The molecule has 0 amide bonds. The minimum atomic E-state index is -4.14.